The number of anilines is 1. The molecule has 0 atom stereocenters. The third kappa shape index (κ3) is 4.49. The number of hydrogen-bond acceptors (Lipinski definition) is 2. The van der Waals surface area contributed by atoms with Crippen molar-refractivity contribution in [3.8, 4) is 0 Å². The molecule has 0 aliphatic rings. The van der Waals surface area contributed by atoms with Crippen LogP contribution in [-0.4, -0.2) is 18.5 Å². The number of carbonyl (C=O) groups excluding carboxylic acids is 1. The Morgan fingerprint density at radius 3 is 2.28 bits per heavy atom. The summed E-state index contributed by atoms with van der Waals surface area (Å²) in [4.78, 5) is 13.7. The average Bonchev–Trinajstić information content (AvgIpc) is 2.34. The van der Waals surface area contributed by atoms with Gasteiger partial charge in [-0.2, -0.15) is 0 Å². The summed E-state index contributed by atoms with van der Waals surface area (Å²) in [6, 6.07) is 8.10. The van der Waals surface area contributed by atoms with Gasteiger partial charge in [-0.05, 0) is 44.4 Å². The van der Waals surface area contributed by atoms with E-state index in [-0.39, 0.29) is 11.4 Å². The van der Waals surface area contributed by atoms with E-state index < -0.39 is 0 Å². The summed E-state index contributed by atoms with van der Waals surface area (Å²) in [5.74, 6) is 0.109. The molecular formula is C15H24N2O. The minimum atomic E-state index is -0.289. The molecule has 0 saturated heterocycles. The molecular weight excluding hydrogens is 224 g/mol. The molecule has 0 bridgehead atoms. The first-order valence-electron chi connectivity index (χ1n) is 6.48. The standard InChI is InChI=1S/C15H24N2O/c1-5-12-6-8-13(9-7-12)17(4)14(18)10-11-15(2,3)16/h6-9H,5,10-11,16H2,1-4H3. The van der Waals surface area contributed by atoms with Crippen LogP contribution in [0, 0.1) is 0 Å². The van der Waals surface area contributed by atoms with Crippen molar-refractivity contribution in [2.45, 2.75) is 45.6 Å². The lowest BCUT2D eigenvalue weighted by molar-refractivity contribution is -0.118. The van der Waals surface area contributed by atoms with Gasteiger partial charge in [-0.3, -0.25) is 4.79 Å². The minimum absolute atomic E-state index is 0.109. The van der Waals surface area contributed by atoms with Crippen molar-refractivity contribution in [3.63, 3.8) is 0 Å². The lowest BCUT2D eigenvalue weighted by Crippen LogP contribution is -2.35. The van der Waals surface area contributed by atoms with E-state index >= 15 is 0 Å². The molecule has 0 radical (unpaired) electrons. The van der Waals surface area contributed by atoms with Crippen LogP contribution in [0.15, 0.2) is 24.3 Å². The van der Waals surface area contributed by atoms with Gasteiger partial charge in [0.05, 0.1) is 0 Å². The van der Waals surface area contributed by atoms with Crippen LogP contribution < -0.4 is 10.6 Å². The number of nitrogens with two attached hydrogens (primary N) is 1. The van der Waals surface area contributed by atoms with Gasteiger partial charge in [0.15, 0.2) is 0 Å². The summed E-state index contributed by atoms with van der Waals surface area (Å²) in [6.45, 7) is 6.00. The van der Waals surface area contributed by atoms with E-state index in [0.717, 1.165) is 12.1 Å². The molecule has 100 valence electrons. The number of amides is 1. The summed E-state index contributed by atoms with van der Waals surface area (Å²) in [6.07, 6.45) is 2.19. The number of benzene rings is 1. The molecule has 0 aliphatic heterocycles. The highest BCUT2D eigenvalue weighted by Gasteiger charge is 2.16. The van der Waals surface area contributed by atoms with Crippen LogP contribution in [0.1, 0.15) is 39.2 Å². The van der Waals surface area contributed by atoms with Crippen molar-refractivity contribution in [3.05, 3.63) is 29.8 Å². The number of rotatable bonds is 5. The fourth-order valence-electron chi connectivity index (χ4n) is 1.70. The fraction of sp³-hybridized carbons (Fsp3) is 0.533. The number of nitrogens with zero attached hydrogens (tertiary/aromatic N) is 1. The largest absolute Gasteiger partial charge is 0.326 e. The molecule has 1 rings (SSSR count). The second-order valence-corrected chi connectivity index (χ2v) is 5.46. The molecule has 2 N–H and O–H groups in total. The Labute approximate surface area is 110 Å². The molecule has 0 aromatic heterocycles. The number of aryl methyl sites for hydroxylation is 1. The molecule has 1 aromatic carbocycles. The van der Waals surface area contributed by atoms with E-state index in [4.69, 9.17) is 5.73 Å². The lowest BCUT2D eigenvalue weighted by Gasteiger charge is -2.21. The van der Waals surface area contributed by atoms with Gasteiger partial charge < -0.3 is 10.6 Å². The van der Waals surface area contributed by atoms with Gasteiger partial charge in [0, 0.05) is 24.7 Å². The van der Waals surface area contributed by atoms with E-state index in [1.165, 1.54) is 5.56 Å². The van der Waals surface area contributed by atoms with Gasteiger partial charge in [0.2, 0.25) is 5.91 Å². The number of hydrogen-bond donors (Lipinski definition) is 1. The summed E-state index contributed by atoms with van der Waals surface area (Å²) >= 11 is 0. The molecule has 0 unspecified atom stereocenters. The molecule has 1 aromatic rings. The van der Waals surface area contributed by atoms with Gasteiger partial charge in [-0.1, -0.05) is 19.1 Å². The molecule has 3 nitrogen and oxygen atoms in total. The van der Waals surface area contributed by atoms with E-state index in [1.807, 2.05) is 33.0 Å². The van der Waals surface area contributed by atoms with Crippen LogP contribution in [0.3, 0.4) is 0 Å². The summed E-state index contributed by atoms with van der Waals surface area (Å²) in [7, 11) is 1.81. The minimum Gasteiger partial charge on any atom is -0.326 e. The second kappa shape index (κ2) is 6.01. The Morgan fingerprint density at radius 1 is 1.28 bits per heavy atom. The Hall–Kier alpha value is -1.35. The maximum atomic E-state index is 12.0. The van der Waals surface area contributed by atoms with Gasteiger partial charge in [0.1, 0.15) is 0 Å². The highest BCUT2D eigenvalue weighted by atomic mass is 16.2. The third-order valence-electron chi connectivity index (χ3n) is 3.09. The van der Waals surface area contributed by atoms with Crippen LogP contribution in [0.25, 0.3) is 0 Å². The normalized spacial score (nSPS) is 11.4. The predicted molar refractivity (Wildman–Crippen MR) is 76.7 cm³/mol. The Balaban J connectivity index is 2.62. The van der Waals surface area contributed by atoms with E-state index in [1.54, 1.807) is 4.90 Å². The van der Waals surface area contributed by atoms with Gasteiger partial charge in [-0.25, -0.2) is 0 Å². The third-order valence-corrected chi connectivity index (χ3v) is 3.09. The molecule has 0 heterocycles. The van der Waals surface area contributed by atoms with Crippen molar-refractivity contribution in [1.82, 2.24) is 0 Å². The average molecular weight is 248 g/mol. The Bertz CT molecular complexity index is 390. The zero-order chi connectivity index (χ0) is 13.8. The maximum Gasteiger partial charge on any atom is 0.226 e. The zero-order valence-electron chi connectivity index (χ0n) is 11.9. The van der Waals surface area contributed by atoms with E-state index in [2.05, 4.69) is 19.1 Å². The van der Waals surface area contributed by atoms with Crippen molar-refractivity contribution in [2.24, 2.45) is 5.73 Å². The summed E-state index contributed by atoms with van der Waals surface area (Å²) < 4.78 is 0. The predicted octanol–water partition coefficient (Wildman–Crippen LogP) is 2.73. The first-order valence-corrected chi connectivity index (χ1v) is 6.48. The fourth-order valence-corrected chi connectivity index (χ4v) is 1.70. The second-order valence-electron chi connectivity index (χ2n) is 5.46. The SMILES string of the molecule is CCc1ccc(N(C)C(=O)CCC(C)(C)N)cc1. The Morgan fingerprint density at radius 2 is 1.83 bits per heavy atom. The van der Waals surface area contributed by atoms with Gasteiger partial charge >= 0.3 is 0 Å². The van der Waals surface area contributed by atoms with Gasteiger partial charge in [-0.15, -0.1) is 0 Å². The first kappa shape index (κ1) is 14.7. The first-order chi connectivity index (χ1) is 8.33. The van der Waals surface area contributed by atoms with Crippen LogP contribution in [0.4, 0.5) is 5.69 Å². The van der Waals surface area contributed by atoms with Crippen LogP contribution in [-0.2, 0) is 11.2 Å². The summed E-state index contributed by atoms with van der Waals surface area (Å²) in [5.41, 5.74) is 7.82. The topological polar surface area (TPSA) is 46.3 Å². The van der Waals surface area contributed by atoms with Crippen LogP contribution >= 0.6 is 0 Å². The Kier molecular flexibility index (Phi) is 4.91. The monoisotopic (exact) mass is 248 g/mol. The molecule has 1 amide bonds. The quantitative estimate of drug-likeness (QED) is 0.871. The molecule has 18 heavy (non-hydrogen) atoms. The summed E-state index contributed by atoms with van der Waals surface area (Å²) in [5, 5.41) is 0. The van der Waals surface area contributed by atoms with Crippen LogP contribution in [0.2, 0.25) is 0 Å². The van der Waals surface area contributed by atoms with Crippen molar-refractivity contribution >= 4 is 11.6 Å². The van der Waals surface area contributed by atoms with E-state index in [9.17, 15) is 4.79 Å². The zero-order valence-corrected chi connectivity index (χ0v) is 11.9. The smallest absolute Gasteiger partial charge is 0.226 e. The van der Waals surface area contributed by atoms with Crippen molar-refractivity contribution in [2.75, 3.05) is 11.9 Å². The molecule has 0 spiro atoms. The molecule has 3 heteroatoms. The highest BCUT2D eigenvalue weighted by molar-refractivity contribution is 5.92. The van der Waals surface area contributed by atoms with Crippen molar-refractivity contribution < 1.29 is 4.79 Å². The van der Waals surface area contributed by atoms with Crippen molar-refractivity contribution in [1.29, 1.82) is 0 Å². The lowest BCUT2D eigenvalue weighted by atomic mass is 9.99. The highest BCUT2D eigenvalue weighted by Crippen LogP contribution is 2.17. The van der Waals surface area contributed by atoms with Crippen LogP contribution in [0.5, 0.6) is 0 Å². The molecule has 0 aliphatic carbocycles. The number of carbonyl (C=O) groups is 1. The maximum absolute atomic E-state index is 12.0. The van der Waals surface area contributed by atoms with E-state index in [0.29, 0.717) is 12.8 Å². The van der Waals surface area contributed by atoms with Gasteiger partial charge in [0.25, 0.3) is 0 Å². The molecule has 0 saturated carbocycles. The molecule has 0 fully saturated rings.